The van der Waals surface area contributed by atoms with E-state index < -0.39 is 95.8 Å². The maximum Gasteiger partial charge on any atom is 0.329 e. The van der Waals surface area contributed by atoms with Gasteiger partial charge in [-0.2, -0.15) is 0 Å². The predicted molar refractivity (Wildman–Crippen MR) is 318 cm³/mol. The number of amides is 1. The highest BCUT2D eigenvalue weighted by Crippen LogP contribution is 2.38. The second kappa shape index (κ2) is 35.3. The molecule has 0 aromatic heterocycles. The molecule has 1 saturated carbocycles. The number of allylic oxidation sites excluding steroid dienone is 6. The van der Waals surface area contributed by atoms with Gasteiger partial charge < -0.3 is 53.0 Å². The molecule has 3 aliphatic heterocycles. The number of ether oxygens (including phenoxy) is 7. The maximum absolute atomic E-state index is 14.8. The minimum Gasteiger partial charge on any atom is -0.460 e. The first-order chi connectivity index (χ1) is 39.5. The molecule has 3 fully saturated rings. The van der Waals surface area contributed by atoms with Crippen LogP contribution in [-0.4, -0.2) is 183 Å². The lowest BCUT2D eigenvalue weighted by Crippen LogP contribution is -2.61. The summed E-state index contributed by atoms with van der Waals surface area (Å²) in [6.45, 7) is 25.2. The van der Waals surface area contributed by atoms with Crippen LogP contribution in [0.15, 0.2) is 47.6 Å². The van der Waals surface area contributed by atoms with Crippen molar-refractivity contribution in [3.63, 3.8) is 0 Å². The zero-order valence-electron chi connectivity index (χ0n) is 52.9. The fraction of sp³-hybridized carbons (Fsp3) is 0.769. The minimum atomic E-state index is -2.47. The first-order valence-corrected chi connectivity index (χ1v) is 31.1. The smallest absolute Gasteiger partial charge is 0.329 e. The van der Waals surface area contributed by atoms with E-state index in [0.29, 0.717) is 82.9 Å². The van der Waals surface area contributed by atoms with E-state index in [-0.39, 0.29) is 67.7 Å². The molecule has 3 heterocycles. The molecular weight excluding hydrogens is 1060 g/mol. The Kier molecular flexibility index (Phi) is 30.2. The molecule has 1 N–H and O–H groups in total. The lowest BCUT2D eigenvalue weighted by atomic mass is 9.78. The van der Waals surface area contributed by atoms with E-state index in [0.717, 1.165) is 31.8 Å². The third-order valence-electron chi connectivity index (χ3n) is 18.0. The minimum absolute atomic E-state index is 0.0357. The number of fused-ring (bicyclic) bond motifs is 3. The Hall–Kier alpha value is -4.43. The van der Waals surface area contributed by atoms with Gasteiger partial charge in [0.25, 0.3) is 11.7 Å². The third-order valence-corrected chi connectivity index (χ3v) is 18.0. The largest absolute Gasteiger partial charge is 0.460 e. The van der Waals surface area contributed by atoms with E-state index in [1.807, 2.05) is 71.9 Å². The number of hydrogen-bond acceptors (Lipinski definition) is 17. The highest BCUT2D eigenvalue weighted by atomic mass is 16.6. The van der Waals surface area contributed by atoms with Crippen molar-refractivity contribution in [2.75, 3.05) is 67.1 Å². The van der Waals surface area contributed by atoms with Crippen molar-refractivity contribution in [3.05, 3.63) is 47.6 Å². The van der Waals surface area contributed by atoms with Gasteiger partial charge in [-0.05, 0) is 133 Å². The molecule has 2 bridgehead atoms. The highest BCUT2D eigenvalue weighted by Gasteiger charge is 2.53. The van der Waals surface area contributed by atoms with Crippen LogP contribution in [0, 0.1) is 35.5 Å². The van der Waals surface area contributed by atoms with Crippen LogP contribution in [0.3, 0.4) is 0 Å². The van der Waals surface area contributed by atoms with Crippen molar-refractivity contribution in [2.24, 2.45) is 35.5 Å². The fourth-order valence-corrected chi connectivity index (χ4v) is 12.4. The van der Waals surface area contributed by atoms with Crippen LogP contribution in [0.25, 0.3) is 0 Å². The summed E-state index contributed by atoms with van der Waals surface area (Å²) in [6, 6.07) is -1.19. The summed E-state index contributed by atoms with van der Waals surface area (Å²) in [6.07, 6.45) is 11.4. The number of nitrogens with zero attached hydrogens (tertiary/aromatic N) is 3. The Bertz CT molecular complexity index is 2240. The molecule has 4 rings (SSSR count). The Morgan fingerprint density at radius 2 is 1.40 bits per heavy atom. The van der Waals surface area contributed by atoms with E-state index in [1.54, 1.807) is 41.1 Å². The van der Waals surface area contributed by atoms with Crippen LogP contribution in [-0.2, 0) is 66.7 Å². The zero-order chi connectivity index (χ0) is 61.6. The van der Waals surface area contributed by atoms with Gasteiger partial charge in [-0.3, -0.25) is 28.8 Å². The number of piperidine rings is 1. The van der Waals surface area contributed by atoms with Crippen molar-refractivity contribution in [1.82, 2.24) is 14.7 Å². The molecule has 470 valence electrons. The molecular formula is C65H105N3O15. The van der Waals surface area contributed by atoms with Gasteiger partial charge in [0.15, 0.2) is 18.0 Å². The molecule has 4 aliphatic rings. The van der Waals surface area contributed by atoms with E-state index in [2.05, 4.69) is 23.6 Å². The monoisotopic (exact) mass is 1170 g/mol. The van der Waals surface area contributed by atoms with Crippen LogP contribution in [0.2, 0.25) is 0 Å². The summed E-state index contributed by atoms with van der Waals surface area (Å²) in [5.41, 5.74) is 1.31. The standard InChI is InChI=1S/C65H105N3O15/c1-15-66(16-2)34-31-57(70)80-53-30-28-49(39-56(53)78-13)38-45(8)55-41-52(69)44(7)37-47(10)60(82-58(71)32-35-67(17-3)18-4)61(79-14)59(72)46(9)36-42(5)24-20-19-21-25-43(6)54(77-12)40-50-29-27-48(11)65(76,83-50)62(73)63(74)68-33-23-22-26-51(68)64(75)81-55/h19-21,24-25,37,42,44-46,48-51,53-56,60-61,76H,15-18,22-23,26-36,38-41H2,1-14H3. The van der Waals surface area contributed by atoms with E-state index in [1.165, 1.54) is 12.0 Å². The molecule has 0 aromatic carbocycles. The number of Topliss-reactive ketones (excluding diaryl/α,β-unsaturated/α-hetero) is 3. The molecule has 1 aliphatic carbocycles. The average Bonchev–Trinajstić information content (AvgIpc) is 3.51. The van der Waals surface area contributed by atoms with Crippen LogP contribution in [0.4, 0.5) is 0 Å². The number of rotatable bonds is 18. The van der Waals surface area contributed by atoms with Crippen molar-refractivity contribution < 1.29 is 71.8 Å². The SMILES string of the molecule is CCN(CC)CCC(=O)OC1CCC(CC(C)C2CC(=O)C(C)C=C(C)C(OC(=O)CCN(CC)CC)C(OC)C(=O)C(C)CC(C)C=CC=CC=C(C)C(OC)CC3CCC(C)C(O)(O3)C(=O)C(=O)N3CCCCC3C(=O)O2)CC1OC. The molecule has 83 heavy (non-hydrogen) atoms. The molecule has 18 nitrogen and oxygen atoms in total. The van der Waals surface area contributed by atoms with Crippen molar-refractivity contribution in [1.29, 1.82) is 0 Å². The second-order valence-corrected chi connectivity index (χ2v) is 24.1. The van der Waals surface area contributed by atoms with Gasteiger partial charge >= 0.3 is 17.9 Å². The molecule has 0 spiro atoms. The Morgan fingerprint density at radius 1 is 0.747 bits per heavy atom. The first-order valence-electron chi connectivity index (χ1n) is 31.1. The molecule has 18 heteroatoms. The zero-order valence-corrected chi connectivity index (χ0v) is 52.9. The number of carbonyl (C=O) groups excluding carboxylic acids is 7. The Balaban J connectivity index is 1.76. The van der Waals surface area contributed by atoms with Gasteiger partial charge in [0.1, 0.15) is 24.0 Å². The summed E-state index contributed by atoms with van der Waals surface area (Å²) in [5.74, 6) is -9.27. The van der Waals surface area contributed by atoms with Gasteiger partial charge in [0.05, 0.1) is 31.2 Å². The lowest BCUT2D eigenvalue weighted by Gasteiger charge is -2.42. The predicted octanol–water partition coefficient (Wildman–Crippen LogP) is 8.75. The van der Waals surface area contributed by atoms with Crippen molar-refractivity contribution >= 4 is 41.2 Å². The third kappa shape index (κ3) is 20.9. The van der Waals surface area contributed by atoms with Gasteiger partial charge in [-0.25, -0.2) is 4.79 Å². The molecule has 2 saturated heterocycles. The molecule has 15 atom stereocenters. The number of esters is 3. The fourth-order valence-electron chi connectivity index (χ4n) is 12.4. The van der Waals surface area contributed by atoms with E-state index in [4.69, 9.17) is 33.2 Å². The molecule has 0 aromatic rings. The average molecular weight is 1170 g/mol. The van der Waals surface area contributed by atoms with Gasteiger partial charge in [-0.15, -0.1) is 0 Å². The second-order valence-electron chi connectivity index (χ2n) is 24.1. The Labute approximate surface area is 496 Å². The van der Waals surface area contributed by atoms with Crippen LogP contribution >= 0.6 is 0 Å². The number of carbonyl (C=O) groups is 7. The number of methoxy groups -OCH3 is 3. The summed E-state index contributed by atoms with van der Waals surface area (Å²) in [7, 11) is 4.59. The summed E-state index contributed by atoms with van der Waals surface area (Å²) >= 11 is 0. The first kappa shape index (κ1) is 71.1. The highest BCUT2D eigenvalue weighted by molar-refractivity contribution is 6.39. The number of hydrogen-bond donors (Lipinski definition) is 1. The Morgan fingerprint density at radius 3 is 2.01 bits per heavy atom. The topological polar surface area (TPSA) is 214 Å². The van der Waals surface area contributed by atoms with Crippen LogP contribution in [0.5, 0.6) is 0 Å². The number of aliphatic hydroxyl groups is 1. The van der Waals surface area contributed by atoms with Crippen LogP contribution < -0.4 is 0 Å². The van der Waals surface area contributed by atoms with Gasteiger partial charge in [0.2, 0.25) is 5.79 Å². The van der Waals surface area contributed by atoms with Crippen molar-refractivity contribution in [2.45, 2.75) is 221 Å². The van der Waals surface area contributed by atoms with Crippen LogP contribution in [0.1, 0.15) is 166 Å². The van der Waals surface area contributed by atoms with E-state index in [9.17, 15) is 38.7 Å². The van der Waals surface area contributed by atoms with Gasteiger partial charge in [-0.1, -0.05) is 98.8 Å². The number of cyclic esters (lactones) is 1. The van der Waals surface area contributed by atoms with E-state index >= 15 is 0 Å². The number of ketones is 3. The molecule has 0 radical (unpaired) electrons. The molecule has 15 unspecified atom stereocenters. The van der Waals surface area contributed by atoms with Gasteiger partial charge in [0, 0.05) is 71.6 Å². The maximum atomic E-state index is 14.8. The molecule has 1 amide bonds. The lowest BCUT2D eigenvalue weighted by molar-refractivity contribution is -0.265. The van der Waals surface area contributed by atoms with Crippen molar-refractivity contribution in [3.8, 4) is 0 Å². The summed E-state index contributed by atoms with van der Waals surface area (Å²) < 4.78 is 42.6. The normalized spacial score (nSPS) is 32.2. The quantitative estimate of drug-likeness (QED) is 0.0588. The summed E-state index contributed by atoms with van der Waals surface area (Å²) in [4.78, 5) is 105. The summed E-state index contributed by atoms with van der Waals surface area (Å²) in [5, 5.41) is 12.1.